The number of halogens is 3. The van der Waals surface area contributed by atoms with Crippen molar-refractivity contribution in [2.45, 2.75) is 13.5 Å². The summed E-state index contributed by atoms with van der Waals surface area (Å²) in [7, 11) is 0. The molecule has 27 heavy (non-hydrogen) atoms. The molecule has 2 heterocycles. The first-order valence-electron chi connectivity index (χ1n) is 8.26. The van der Waals surface area contributed by atoms with E-state index in [0.29, 0.717) is 41.0 Å². The number of aromatic nitrogens is 2. The number of nitrogens with two attached hydrogens (primary N) is 1. The molecule has 0 fully saturated rings. The van der Waals surface area contributed by atoms with Crippen molar-refractivity contribution in [3.05, 3.63) is 53.1 Å². The van der Waals surface area contributed by atoms with Gasteiger partial charge in [-0.25, -0.2) is 13.8 Å². The summed E-state index contributed by atoms with van der Waals surface area (Å²) in [6.45, 7) is 2.38. The molecule has 2 aromatic carbocycles. The second kappa shape index (κ2) is 6.35. The highest BCUT2D eigenvalue weighted by Gasteiger charge is 2.31. The smallest absolute Gasteiger partial charge is 0.226 e. The molecular weight excluding hydrogens is 374 g/mol. The summed E-state index contributed by atoms with van der Waals surface area (Å²) in [6, 6.07) is 8.46. The van der Waals surface area contributed by atoms with Crippen LogP contribution in [0.2, 0.25) is 5.02 Å². The van der Waals surface area contributed by atoms with Gasteiger partial charge in [0.25, 0.3) is 0 Å². The fourth-order valence-electron chi connectivity index (χ4n) is 3.31. The highest BCUT2D eigenvalue weighted by atomic mass is 35.5. The minimum absolute atomic E-state index is 0.0259. The molecule has 4 rings (SSSR count). The number of hydrogen-bond acceptors (Lipinski definition) is 3. The summed E-state index contributed by atoms with van der Waals surface area (Å²) in [6.07, 6.45) is 0. The summed E-state index contributed by atoms with van der Waals surface area (Å²) in [4.78, 5) is 18.0. The number of nitrogen functional groups attached to an aromatic ring is 1. The van der Waals surface area contributed by atoms with Crippen LogP contribution in [0.15, 0.2) is 36.4 Å². The van der Waals surface area contributed by atoms with Gasteiger partial charge in [0.15, 0.2) is 0 Å². The summed E-state index contributed by atoms with van der Waals surface area (Å²) in [5.41, 5.74) is 7.35. The molecule has 3 aromatic rings. The SMILES string of the molecule is CC(=O)N1CCn2c1nc(-c1cc(Cl)ccc1F)c2-c1ccc(F)c(N)c1. The van der Waals surface area contributed by atoms with Crippen molar-refractivity contribution in [3.63, 3.8) is 0 Å². The molecule has 0 atom stereocenters. The molecule has 1 aliphatic heterocycles. The summed E-state index contributed by atoms with van der Waals surface area (Å²) in [5, 5.41) is 0.354. The van der Waals surface area contributed by atoms with Gasteiger partial charge in [-0.2, -0.15) is 0 Å². The zero-order valence-corrected chi connectivity index (χ0v) is 15.1. The maximum absolute atomic E-state index is 14.5. The maximum Gasteiger partial charge on any atom is 0.226 e. The number of anilines is 2. The first-order chi connectivity index (χ1) is 12.9. The van der Waals surface area contributed by atoms with Crippen molar-refractivity contribution >= 4 is 29.1 Å². The Morgan fingerprint density at radius 2 is 1.89 bits per heavy atom. The van der Waals surface area contributed by atoms with E-state index in [2.05, 4.69) is 4.98 Å². The molecule has 0 spiro atoms. The summed E-state index contributed by atoms with van der Waals surface area (Å²) >= 11 is 6.05. The van der Waals surface area contributed by atoms with Crippen molar-refractivity contribution < 1.29 is 13.6 Å². The Hall–Kier alpha value is -2.93. The highest BCUT2D eigenvalue weighted by molar-refractivity contribution is 6.30. The molecule has 1 aromatic heterocycles. The third kappa shape index (κ3) is 2.84. The molecule has 1 aliphatic rings. The molecule has 5 nitrogen and oxygen atoms in total. The van der Waals surface area contributed by atoms with E-state index in [9.17, 15) is 13.6 Å². The van der Waals surface area contributed by atoms with Gasteiger partial charge in [-0.15, -0.1) is 0 Å². The van der Waals surface area contributed by atoms with Crippen LogP contribution < -0.4 is 10.6 Å². The number of imidazole rings is 1. The Morgan fingerprint density at radius 1 is 1.15 bits per heavy atom. The van der Waals surface area contributed by atoms with E-state index in [1.165, 1.54) is 42.2 Å². The van der Waals surface area contributed by atoms with E-state index in [-0.39, 0.29) is 17.2 Å². The lowest BCUT2D eigenvalue weighted by Gasteiger charge is -2.10. The van der Waals surface area contributed by atoms with Gasteiger partial charge in [0, 0.05) is 36.2 Å². The first kappa shape index (κ1) is 17.5. The van der Waals surface area contributed by atoms with E-state index in [1.54, 1.807) is 6.07 Å². The molecule has 0 bridgehead atoms. The molecule has 0 saturated carbocycles. The Labute approximate surface area is 159 Å². The van der Waals surface area contributed by atoms with E-state index in [4.69, 9.17) is 17.3 Å². The molecular formula is C19H15ClF2N4O. The number of hydrogen-bond donors (Lipinski definition) is 1. The van der Waals surface area contributed by atoms with Crippen LogP contribution in [-0.2, 0) is 11.3 Å². The molecule has 0 radical (unpaired) electrons. The number of carbonyl (C=O) groups is 1. The molecule has 0 aliphatic carbocycles. The van der Waals surface area contributed by atoms with E-state index in [0.717, 1.165) is 0 Å². The minimum Gasteiger partial charge on any atom is -0.396 e. The van der Waals surface area contributed by atoms with Crippen LogP contribution in [0.3, 0.4) is 0 Å². The minimum atomic E-state index is -0.541. The molecule has 0 saturated heterocycles. The second-order valence-corrected chi connectivity index (χ2v) is 6.73. The largest absolute Gasteiger partial charge is 0.396 e. The van der Waals surface area contributed by atoms with Crippen molar-refractivity contribution in [2.24, 2.45) is 0 Å². The molecule has 138 valence electrons. The van der Waals surface area contributed by atoms with Gasteiger partial charge in [0.2, 0.25) is 11.9 Å². The van der Waals surface area contributed by atoms with Gasteiger partial charge >= 0.3 is 0 Å². The molecule has 1 amide bonds. The Bertz CT molecular complexity index is 1080. The average molecular weight is 389 g/mol. The predicted octanol–water partition coefficient (Wildman–Crippen LogP) is 4.10. The molecule has 2 N–H and O–H groups in total. The topological polar surface area (TPSA) is 64.2 Å². The van der Waals surface area contributed by atoms with Crippen molar-refractivity contribution in [3.8, 4) is 22.5 Å². The third-order valence-corrected chi connectivity index (χ3v) is 4.80. The third-order valence-electron chi connectivity index (χ3n) is 4.57. The number of amides is 1. The Kier molecular flexibility index (Phi) is 4.11. The van der Waals surface area contributed by atoms with Crippen LogP contribution in [0.5, 0.6) is 0 Å². The summed E-state index contributed by atoms with van der Waals surface area (Å²) < 4.78 is 30.0. The van der Waals surface area contributed by atoms with Gasteiger partial charge < -0.3 is 10.3 Å². The van der Waals surface area contributed by atoms with Gasteiger partial charge in [-0.3, -0.25) is 9.69 Å². The number of fused-ring (bicyclic) bond motifs is 1. The van der Waals surface area contributed by atoms with Crippen molar-refractivity contribution in [2.75, 3.05) is 17.2 Å². The predicted molar refractivity (Wildman–Crippen MR) is 100 cm³/mol. The van der Waals surface area contributed by atoms with Gasteiger partial charge in [0.1, 0.15) is 17.3 Å². The molecule has 8 heteroatoms. The maximum atomic E-state index is 14.5. The average Bonchev–Trinajstić information content (AvgIpc) is 3.18. The number of rotatable bonds is 2. The van der Waals surface area contributed by atoms with Crippen molar-refractivity contribution in [1.82, 2.24) is 9.55 Å². The van der Waals surface area contributed by atoms with Crippen LogP contribution in [0.25, 0.3) is 22.5 Å². The fraction of sp³-hybridized carbons (Fsp3) is 0.158. The first-order valence-corrected chi connectivity index (χ1v) is 8.64. The van der Waals surface area contributed by atoms with Crippen LogP contribution in [-0.4, -0.2) is 22.0 Å². The standard InChI is InChI=1S/C19H15ClF2N4O/c1-10(27)25-6-7-26-18(11-2-4-15(22)16(23)8-11)17(24-19(25)26)13-9-12(20)3-5-14(13)21/h2-5,8-9H,6-7,23H2,1H3. The zero-order chi connectivity index (χ0) is 19.3. The number of nitrogens with zero attached hydrogens (tertiary/aromatic N) is 3. The fourth-order valence-corrected chi connectivity index (χ4v) is 3.48. The number of benzene rings is 2. The quantitative estimate of drug-likeness (QED) is 0.672. The van der Waals surface area contributed by atoms with Crippen LogP contribution in [0, 0.1) is 11.6 Å². The van der Waals surface area contributed by atoms with E-state index < -0.39 is 11.6 Å². The van der Waals surface area contributed by atoms with Crippen LogP contribution in [0.4, 0.5) is 20.4 Å². The van der Waals surface area contributed by atoms with Gasteiger partial charge in [-0.1, -0.05) is 11.6 Å². The Balaban J connectivity index is 2.01. The van der Waals surface area contributed by atoms with Crippen LogP contribution >= 0.6 is 11.6 Å². The monoisotopic (exact) mass is 388 g/mol. The normalized spacial score (nSPS) is 13.1. The number of carbonyl (C=O) groups excluding carboxylic acids is 1. The van der Waals surface area contributed by atoms with E-state index >= 15 is 0 Å². The van der Waals surface area contributed by atoms with Crippen molar-refractivity contribution in [1.29, 1.82) is 0 Å². The zero-order valence-electron chi connectivity index (χ0n) is 14.3. The second-order valence-electron chi connectivity index (χ2n) is 6.29. The van der Waals surface area contributed by atoms with Gasteiger partial charge in [-0.05, 0) is 36.4 Å². The molecule has 0 unspecified atom stereocenters. The highest BCUT2D eigenvalue weighted by Crippen LogP contribution is 2.40. The Morgan fingerprint density at radius 3 is 2.59 bits per heavy atom. The lowest BCUT2D eigenvalue weighted by molar-refractivity contribution is -0.116. The van der Waals surface area contributed by atoms with E-state index in [1.807, 2.05) is 4.57 Å². The van der Waals surface area contributed by atoms with Crippen LogP contribution in [0.1, 0.15) is 6.92 Å². The van der Waals surface area contributed by atoms with Gasteiger partial charge in [0.05, 0.1) is 11.4 Å². The lowest BCUT2D eigenvalue weighted by Crippen LogP contribution is -2.26. The lowest BCUT2D eigenvalue weighted by atomic mass is 10.0. The summed E-state index contributed by atoms with van der Waals surface area (Å²) in [5.74, 6) is -0.792.